The summed E-state index contributed by atoms with van der Waals surface area (Å²) in [6.07, 6.45) is 0.617. The summed E-state index contributed by atoms with van der Waals surface area (Å²) >= 11 is 0. The van der Waals surface area contributed by atoms with Gasteiger partial charge in [-0.2, -0.15) is 0 Å². The number of carboxylic acids is 1. The monoisotopic (exact) mass is 450 g/mol. The fourth-order valence-corrected chi connectivity index (χ4v) is 4.96. The van der Waals surface area contributed by atoms with E-state index in [1.54, 1.807) is 20.8 Å². The zero-order chi connectivity index (χ0) is 23.8. The zero-order valence-corrected chi connectivity index (χ0v) is 19.3. The average molecular weight is 451 g/mol. The number of fused-ring (bicyclic) bond motifs is 3. The zero-order valence-electron chi connectivity index (χ0n) is 19.3. The van der Waals surface area contributed by atoms with Crippen molar-refractivity contribution in [2.24, 2.45) is 0 Å². The minimum absolute atomic E-state index is 0.0828. The first-order valence-electron chi connectivity index (χ1n) is 11.4. The predicted octanol–water partition coefficient (Wildman–Crippen LogP) is 4.16. The van der Waals surface area contributed by atoms with Gasteiger partial charge in [-0.05, 0) is 55.4 Å². The summed E-state index contributed by atoms with van der Waals surface area (Å²) < 4.78 is 5.61. The summed E-state index contributed by atoms with van der Waals surface area (Å²) in [5.74, 6) is -1.52. The van der Waals surface area contributed by atoms with Crippen LogP contribution in [0.25, 0.3) is 11.1 Å². The maximum atomic E-state index is 13.3. The molecular formula is C26H30N2O5. The molecule has 2 aromatic rings. The highest BCUT2D eigenvalue weighted by atomic mass is 16.5. The Bertz CT molecular complexity index is 1050. The van der Waals surface area contributed by atoms with E-state index < -0.39 is 29.0 Å². The standard InChI is InChI=1S/C26H30N2O5/c1-4-25(2,22(29)28-15-9-14-26(28,3)23(30)31)27-24(32)33-16-21-19-12-7-5-10-17(19)18-11-6-8-13-20(18)21/h5-8,10-13,21H,4,9,14-16H2,1-3H3,(H,27,32)(H,30,31)/t25?,26-/m0/s1. The van der Waals surface area contributed by atoms with Gasteiger partial charge in [0.2, 0.25) is 5.91 Å². The van der Waals surface area contributed by atoms with E-state index in [9.17, 15) is 19.5 Å². The lowest BCUT2D eigenvalue weighted by Gasteiger charge is -2.38. The van der Waals surface area contributed by atoms with Crippen LogP contribution in [0.15, 0.2) is 48.5 Å². The minimum Gasteiger partial charge on any atom is -0.480 e. The maximum Gasteiger partial charge on any atom is 0.408 e. The third kappa shape index (κ3) is 3.86. The Morgan fingerprint density at radius 1 is 1.12 bits per heavy atom. The number of aliphatic carboxylic acids is 1. The van der Waals surface area contributed by atoms with Crippen molar-refractivity contribution >= 4 is 18.0 Å². The molecule has 2 atom stereocenters. The molecule has 33 heavy (non-hydrogen) atoms. The number of carbonyl (C=O) groups is 3. The number of rotatable bonds is 6. The molecule has 1 aliphatic heterocycles. The number of ether oxygens (including phenoxy) is 1. The molecule has 1 saturated heterocycles. The second-order valence-electron chi connectivity index (χ2n) is 9.28. The molecule has 0 spiro atoms. The number of hydrogen-bond donors (Lipinski definition) is 2. The Hall–Kier alpha value is -3.35. The van der Waals surface area contributed by atoms with Gasteiger partial charge in [0.25, 0.3) is 0 Å². The topological polar surface area (TPSA) is 95.9 Å². The van der Waals surface area contributed by atoms with Gasteiger partial charge in [-0.25, -0.2) is 9.59 Å². The van der Waals surface area contributed by atoms with Crippen LogP contribution in [0.4, 0.5) is 4.79 Å². The molecule has 0 aromatic heterocycles. The maximum absolute atomic E-state index is 13.3. The van der Waals surface area contributed by atoms with Crippen LogP contribution in [-0.4, -0.2) is 52.2 Å². The van der Waals surface area contributed by atoms with Crippen LogP contribution < -0.4 is 5.32 Å². The van der Waals surface area contributed by atoms with Gasteiger partial charge in [0.1, 0.15) is 17.7 Å². The quantitative estimate of drug-likeness (QED) is 0.689. The van der Waals surface area contributed by atoms with E-state index >= 15 is 0 Å². The summed E-state index contributed by atoms with van der Waals surface area (Å²) in [4.78, 5) is 39.3. The molecule has 4 rings (SSSR count). The molecule has 2 aromatic carbocycles. The Labute approximate surface area is 193 Å². The summed E-state index contributed by atoms with van der Waals surface area (Å²) in [6, 6.07) is 16.1. The molecule has 2 aliphatic rings. The SMILES string of the molecule is CCC(C)(NC(=O)OCC1c2ccccc2-c2ccccc21)C(=O)N1CCC[C@@]1(C)C(=O)O. The third-order valence-corrected chi connectivity index (χ3v) is 7.25. The van der Waals surface area contributed by atoms with Crippen molar-refractivity contribution in [2.45, 2.75) is 57.0 Å². The average Bonchev–Trinajstić information content (AvgIpc) is 3.36. The van der Waals surface area contributed by atoms with Crippen molar-refractivity contribution in [3.05, 3.63) is 59.7 Å². The van der Waals surface area contributed by atoms with Gasteiger partial charge in [-0.3, -0.25) is 4.79 Å². The number of alkyl carbamates (subject to hydrolysis) is 1. The first kappa shape index (κ1) is 22.8. The summed E-state index contributed by atoms with van der Waals surface area (Å²) in [5.41, 5.74) is 1.96. The third-order valence-electron chi connectivity index (χ3n) is 7.25. The molecule has 7 heteroatoms. The second-order valence-corrected chi connectivity index (χ2v) is 9.28. The van der Waals surface area contributed by atoms with Gasteiger partial charge < -0.3 is 20.1 Å². The molecule has 1 heterocycles. The normalized spacial score (nSPS) is 21.1. The van der Waals surface area contributed by atoms with Crippen molar-refractivity contribution in [1.82, 2.24) is 10.2 Å². The molecular weight excluding hydrogens is 420 g/mol. The minimum atomic E-state index is -1.27. The van der Waals surface area contributed by atoms with E-state index in [0.29, 0.717) is 25.8 Å². The van der Waals surface area contributed by atoms with Gasteiger partial charge in [0.05, 0.1) is 0 Å². The molecule has 0 radical (unpaired) electrons. The van der Waals surface area contributed by atoms with Crippen LogP contribution in [0.3, 0.4) is 0 Å². The van der Waals surface area contributed by atoms with E-state index in [4.69, 9.17) is 4.74 Å². The van der Waals surface area contributed by atoms with Crippen LogP contribution in [0.2, 0.25) is 0 Å². The fourth-order valence-electron chi connectivity index (χ4n) is 4.96. The van der Waals surface area contributed by atoms with Gasteiger partial charge in [-0.15, -0.1) is 0 Å². The van der Waals surface area contributed by atoms with Gasteiger partial charge in [-0.1, -0.05) is 55.5 Å². The number of nitrogens with one attached hydrogen (secondary N) is 1. The van der Waals surface area contributed by atoms with Crippen LogP contribution in [-0.2, 0) is 14.3 Å². The number of benzene rings is 2. The molecule has 1 aliphatic carbocycles. The molecule has 7 nitrogen and oxygen atoms in total. The Morgan fingerprint density at radius 3 is 2.24 bits per heavy atom. The number of likely N-dealkylation sites (tertiary alicyclic amines) is 1. The first-order valence-corrected chi connectivity index (χ1v) is 11.4. The Balaban J connectivity index is 1.47. The van der Waals surface area contributed by atoms with Crippen molar-refractivity contribution in [3.63, 3.8) is 0 Å². The predicted molar refractivity (Wildman–Crippen MR) is 124 cm³/mol. The first-order chi connectivity index (χ1) is 15.7. The van der Waals surface area contributed by atoms with E-state index in [2.05, 4.69) is 17.4 Å². The van der Waals surface area contributed by atoms with Crippen LogP contribution in [0.1, 0.15) is 57.1 Å². The van der Waals surface area contributed by atoms with Crippen molar-refractivity contribution < 1.29 is 24.2 Å². The van der Waals surface area contributed by atoms with Gasteiger partial charge >= 0.3 is 12.1 Å². The van der Waals surface area contributed by atoms with Crippen LogP contribution in [0.5, 0.6) is 0 Å². The van der Waals surface area contributed by atoms with Crippen molar-refractivity contribution in [1.29, 1.82) is 0 Å². The summed E-state index contributed by atoms with van der Waals surface area (Å²) in [7, 11) is 0. The molecule has 0 bridgehead atoms. The highest BCUT2D eigenvalue weighted by Gasteiger charge is 2.50. The Kier molecular flexibility index (Phi) is 5.91. The smallest absolute Gasteiger partial charge is 0.408 e. The van der Waals surface area contributed by atoms with Crippen LogP contribution in [0, 0.1) is 0 Å². The molecule has 1 unspecified atom stereocenters. The second kappa shape index (κ2) is 8.54. The van der Waals surface area contributed by atoms with Gasteiger partial charge in [0, 0.05) is 12.5 Å². The molecule has 2 amide bonds. The lowest BCUT2D eigenvalue weighted by Crippen LogP contribution is -2.62. The van der Waals surface area contributed by atoms with E-state index in [1.807, 2.05) is 36.4 Å². The lowest BCUT2D eigenvalue weighted by atomic mass is 9.93. The number of carboxylic acid groups (broad SMARTS) is 1. The lowest BCUT2D eigenvalue weighted by molar-refractivity contribution is -0.157. The largest absolute Gasteiger partial charge is 0.480 e. The molecule has 2 N–H and O–H groups in total. The fraction of sp³-hybridized carbons (Fsp3) is 0.423. The molecule has 1 fully saturated rings. The number of carbonyl (C=O) groups excluding carboxylic acids is 2. The molecule has 174 valence electrons. The highest BCUT2D eigenvalue weighted by molar-refractivity contribution is 5.94. The van der Waals surface area contributed by atoms with E-state index in [1.165, 1.54) is 4.90 Å². The molecule has 0 saturated carbocycles. The number of nitrogens with zero attached hydrogens (tertiary/aromatic N) is 1. The number of amides is 2. The number of hydrogen-bond acceptors (Lipinski definition) is 4. The van der Waals surface area contributed by atoms with Crippen molar-refractivity contribution in [3.8, 4) is 11.1 Å². The van der Waals surface area contributed by atoms with Gasteiger partial charge in [0.15, 0.2) is 0 Å². The highest BCUT2D eigenvalue weighted by Crippen LogP contribution is 2.44. The van der Waals surface area contributed by atoms with E-state index in [0.717, 1.165) is 22.3 Å². The summed E-state index contributed by atoms with van der Waals surface area (Å²) in [5, 5.41) is 12.4. The van der Waals surface area contributed by atoms with E-state index in [-0.39, 0.29) is 12.5 Å². The summed E-state index contributed by atoms with van der Waals surface area (Å²) in [6.45, 7) is 5.46. The Morgan fingerprint density at radius 2 is 1.70 bits per heavy atom. The van der Waals surface area contributed by atoms with Crippen molar-refractivity contribution in [2.75, 3.05) is 13.2 Å². The van der Waals surface area contributed by atoms with Crippen LogP contribution >= 0.6 is 0 Å².